The van der Waals surface area contributed by atoms with Crippen LogP contribution >= 0.6 is 0 Å². The van der Waals surface area contributed by atoms with Crippen LogP contribution in [-0.4, -0.2) is 17.3 Å². The van der Waals surface area contributed by atoms with E-state index in [4.69, 9.17) is 4.74 Å². The first-order valence-electron chi connectivity index (χ1n) is 12.5. The quantitative estimate of drug-likeness (QED) is 0.216. The van der Waals surface area contributed by atoms with E-state index in [2.05, 4.69) is 59.9 Å². The highest BCUT2D eigenvalue weighted by Gasteiger charge is 2.21. The zero-order valence-electron chi connectivity index (χ0n) is 20.9. The lowest BCUT2D eigenvalue weighted by Gasteiger charge is -2.23. The number of methoxy groups -OCH3 is 1. The SMILES string of the molecule is COC(c1ccc(Nc2ccc3ccccc3c2)cc1)c1c(-c2ccc(O)cc2)ccc2cc(O)ccc12. The lowest BCUT2D eigenvalue weighted by atomic mass is 9.88. The van der Waals surface area contributed by atoms with E-state index in [-0.39, 0.29) is 17.6 Å². The normalized spacial score (nSPS) is 12.0. The van der Waals surface area contributed by atoms with E-state index >= 15 is 0 Å². The maximum absolute atomic E-state index is 10.1. The zero-order valence-corrected chi connectivity index (χ0v) is 20.9. The molecule has 6 aromatic carbocycles. The molecule has 0 aliphatic heterocycles. The molecule has 0 fully saturated rings. The van der Waals surface area contributed by atoms with Gasteiger partial charge in [0.1, 0.15) is 17.6 Å². The van der Waals surface area contributed by atoms with E-state index in [0.29, 0.717) is 0 Å². The molecule has 1 unspecified atom stereocenters. The van der Waals surface area contributed by atoms with Crippen molar-refractivity contribution in [3.63, 3.8) is 0 Å². The molecule has 38 heavy (non-hydrogen) atoms. The lowest BCUT2D eigenvalue weighted by Crippen LogP contribution is -2.07. The van der Waals surface area contributed by atoms with Crippen molar-refractivity contribution in [2.45, 2.75) is 6.10 Å². The fraction of sp³-hybridized carbons (Fsp3) is 0.0588. The number of hydrogen-bond acceptors (Lipinski definition) is 4. The van der Waals surface area contributed by atoms with Crippen molar-refractivity contribution < 1.29 is 14.9 Å². The number of benzene rings is 6. The minimum absolute atomic E-state index is 0.221. The fourth-order valence-corrected chi connectivity index (χ4v) is 5.11. The summed E-state index contributed by atoms with van der Waals surface area (Å²) in [4.78, 5) is 0. The molecule has 0 heterocycles. The van der Waals surface area contributed by atoms with Gasteiger partial charge in [0.15, 0.2) is 0 Å². The summed E-state index contributed by atoms with van der Waals surface area (Å²) in [5.74, 6) is 0.442. The minimum atomic E-state index is -0.346. The standard InChI is InChI=1S/C34H27NO3/c1-38-34(24-7-12-27(13-8-24)35-28-14-6-22-4-2-3-5-25(22)20-28)33-31(23-9-15-29(36)16-10-23)18-11-26-21-30(37)17-19-32(26)33/h2-21,34-37H,1H3. The molecule has 0 amide bonds. The Kier molecular flexibility index (Phi) is 6.16. The Labute approximate surface area is 221 Å². The average Bonchev–Trinajstić information content (AvgIpc) is 2.95. The number of hydrogen-bond donors (Lipinski definition) is 3. The van der Waals surface area contributed by atoms with Gasteiger partial charge in [-0.1, -0.05) is 72.8 Å². The van der Waals surface area contributed by atoms with Crippen molar-refractivity contribution in [3.05, 3.63) is 132 Å². The monoisotopic (exact) mass is 497 g/mol. The summed E-state index contributed by atoms with van der Waals surface area (Å²) in [6.45, 7) is 0. The summed E-state index contributed by atoms with van der Waals surface area (Å²) in [6, 6.07) is 39.6. The van der Waals surface area contributed by atoms with Crippen molar-refractivity contribution in [2.75, 3.05) is 12.4 Å². The Balaban J connectivity index is 1.39. The minimum Gasteiger partial charge on any atom is -0.508 e. The van der Waals surface area contributed by atoms with Crippen molar-refractivity contribution in [1.29, 1.82) is 0 Å². The third-order valence-electron chi connectivity index (χ3n) is 6.97. The van der Waals surface area contributed by atoms with Gasteiger partial charge in [0.05, 0.1) is 0 Å². The molecule has 0 saturated carbocycles. The van der Waals surface area contributed by atoms with Crippen LogP contribution in [0.5, 0.6) is 11.5 Å². The van der Waals surface area contributed by atoms with E-state index in [1.807, 2.05) is 42.5 Å². The van der Waals surface area contributed by atoms with Crippen LogP contribution in [0, 0.1) is 0 Å². The molecule has 0 radical (unpaired) electrons. The first-order chi connectivity index (χ1) is 18.6. The van der Waals surface area contributed by atoms with Crippen LogP contribution in [0.2, 0.25) is 0 Å². The van der Waals surface area contributed by atoms with Crippen LogP contribution in [0.15, 0.2) is 121 Å². The highest BCUT2D eigenvalue weighted by Crippen LogP contribution is 2.40. The summed E-state index contributed by atoms with van der Waals surface area (Å²) in [5, 5.41) is 27.8. The van der Waals surface area contributed by atoms with E-state index in [0.717, 1.165) is 44.4 Å². The second kappa shape index (κ2) is 9.92. The topological polar surface area (TPSA) is 61.7 Å². The maximum Gasteiger partial charge on any atom is 0.116 e. The van der Waals surface area contributed by atoms with E-state index < -0.39 is 0 Å². The fourth-order valence-electron chi connectivity index (χ4n) is 5.11. The molecule has 6 rings (SSSR count). The van der Waals surface area contributed by atoms with Crippen LogP contribution < -0.4 is 5.32 Å². The van der Waals surface area contributed by atoms with Gasteiger partial charge in [-0.2, -0.15) is 0 Å². The second-order valence-electron chi connectivity index (χ2n) is 9.40. The first kappa shape index (κ1) is 23.6. The molecular formula is C34H27NO3. The number of nitrogens with one attached hydrogen (secondary N) is 1. The third-order valence-corrected chi connectivity index (χ3v) is 6.97. The predicted molar refractivity (Wildman–Crippen MR) is 155 cm³/mol. The number of phenolic OH excluding ortho intramolecular Hbond substituents is 2. The van der Waals surface area contributed by atoms with Gasteiger partial charge in [0, 0.05) is 24.0 Å². The largest absolute Gasteiger partial charge is 0.508 e. The first-order valence-corrected chi connectivity index (χ1v) is 12.5. The van der Waals surface area contributed by atoms with Crippen LogP contribution in [0.25, 0.3) is 32.7 Å². The molecule has 3 N–H and O–H groups in total. The van der Waals surface area contributed by atoms with Gasteiger partial charge in [-0.05, 0) is 86.8 Å². The Hall–Kier alpha value is -4.80. The van der Waals surface area contributed by atoms with Crippen LogP contribution in [0.3, 0.4) is 0 Å². The van der Waals surface area contributed by atoms with Crippen LogP contribution in [-0.2, 0) is 4.74 Å². The number of anilines is 2. The van der Waals surface area contributed by atoms with E-state index in [1.165, 1.54) is 10.8 Å². The van der Waals surface area contributed by atoms with Crippen LogP contribution in [0.4, 0.5) is 11.4 Å². The summed E-state index contributed by atoms with van der Waals surface area (Å²) < 4.78 is 6.12. The van der Waals surface area contributed by atoms with Gasteiger partial charge < -0.3 is 20.3 Å². The summed E-state index contributed by atoms with van der Waals surface area (Å²) in [5.41, 5.74) is 6.02. The summed E-state index contributed by atoms with van der Waals surface area (Å²) >= 11 is 0. The molecule has 4 heteroatoms. The van der Waals surface area contributed by atoms with Gasteiger partial charge in [-0.15, -0.1) is 0 Å². The molecule has 0 bridgehead atoms. The molecule has 0 spiro atoms. The molecule has 0 aliphatic rings. The van der Waals surface area contributed by atoms with Crippen molar-refractivity contribution >= 4 is 32.9 Å². The third kappa shape index (κ3) is 4.54. The van der Waals surface area contributed by atoms with Crippen molar-refractivity contribution in [2.24, 2.45) is 0 Å². The van der Waals surface area contributed by atoms with Gasteiger partial charge in [0.2, 0.25) is 0 Å². The molecule has 0 saturated heterocycles. The Morgan fingerprint density at radius 3 is 2.05 bits per heavy atom. The van der Waals surface area contributed by atoms with Gasteiger partial charge >= 0.3 is 0 Å². The summed E-state index contributed by atoms with van der Waals surface area (Å²) in [7, 11) is 1.71. The molecule has 1 atom stereocenters. The average molecular weight is 498 g/mol. The molecule has 4 nitrogen and oxygen atoms in total. The second-order valence-corrected chi connectivity index (χ2v) is 9.40. The number of phenols is 2. The van der Waals surface area contributed by atoms with Crippen molar-refractivity contribution in [3.8, 4) is 22.6 Å². The Bertz CT molecular complexity index is 1740. The lowest BCUT2D eigenvalue weighted by molar-refractivity contribution is 0.138. The highest BCUT2D eigenvalue weighted by molar-refractivity contribution is 5.93. The molecule has 0 aromatic heterocycles. The highest BCUT2D eigenvalue weighted by atomic mass is 16.5. The molecule has 6 aromatic rings. The van der Waals surface area contributed by atoms with E-state index in [9.17, 15) is 10.2 Å². The predicted octanol–water partition coefficient (Wildman–Crippen LogP) is 8.55. The smallest absolute Gasteiger partial charge is 0.116 e. The summed E-state index contributed by atoms with van der Waals surface area (Å²) in [6.07, 6.45) is -0.346. The number of rotatable bonds is 6. The Morgan fingerprint density at radius 1 is 0.605 bits per heavy atom. The zero-order chi connectivity index (χ0) is 26.1. The maximum atomic E-state index is 10.1. The van der Waals surface area contributed by atoms with Crippen LogP contribution in [0.1, 0.15) is 17.2 Å². The molecular weight excluding hydrogens is 470 g/mol. The van der Waals surface area contributed by atoms with Gasteiger partial charge in [-0.25, -0.2) is 0 Å². The number of fused-ring (bicyclic) bond motifs is 2. The van der Waals surface area contributed by atoms with Gasteiger partial charge in [-0.3, -0.25) is 0 Å². The number of ether oxygens (including phenoxy) is 1. The number of aromatic hydroxyl groups is 2. The van der Waals surface area contributed by atoms with E-state index in [1.54, 1.807) is 31.4 Å². The van der Waals surface area contributed by atoms with Crippen molar-refractivity contribution in [1.82, 2.24) is 0 Å². The molecule has 186 valence electrons. The van der Waals surface area contributed by atoms with Gasteiger partial charge in [0.25, 0.3) is 0 Å². The Morgan fingerprint density at radius 2 is 1.29 bits per heavy atom. The molecule has 0 aliphatic carbocycles.